The number of ether oxygens (including phenoxy) is 2. The van der Waals surface area contributed by atoms with Crippen LogP contribution in [0.3, 0.4) is 0 Å². The number of hydrogen-bond donors (Lipinski definition) is 3. The Kier molecular flexibility index (Phi) is 12.6. The fraction of sp³-hybridized carbons (Fsp3) is 0.528. The highest BCUT2D eigenvalue weighted by Crippen LogP contribution is 2.35. The molecule has 1 saturated carbocycles. The van der Waals surface area contributed by atoms with Gasteiger partial charge >= 0.3 is 12.1 Å². The first-order chi connectivity index (χ1) is 21.9. The van der Waals surface area contributed by atoms with Crippen LogP contribution < -0.4 is 16.4 Å². The number of carbonyl (C=O) groups excluding carboxylic acids is 5. The number of benzene rings is 2. The number of hydrogen-bond acceptors (Lipinski definition) is 7. The molecule has 4 N–H and O–H groups in total. The zero-order chi connectivity index (χ0) is 34.9. The lowest BCUT2D eigenvalue weighted by molar-refractivity contribution is -0.159. The molecule has 2 aromatic carbocycles. The maximum Gasteiger partial charge on any atom is 0.408 e. The van der Waals surface area contributed by atoms with E-state index in [1.165, 1.54) is 4.90 Å². The van der Waals surface area contributed by atoms with E-state index in [4.69, 9.17) is 15.2 Å². The van der Waals surface area contributed by atoms with Gasteiger partial charge in [0.15, 0.2) is 0 Å². The fourth-order valence-corrected chi connectivity index (χ4v) is 5.33. The highest BCUT2D eigenvalue weighted by molar-refractivity contribution is 5.94. The lowest BCUT2D eigenvalue weighted by atomic mass is 9.87. The lowest BCUT2D eigenvalue weighted by Gasteiger charge is -2.44. The molecule has 256 valence electrons. The summed E-state index contributed by atoms with van der Waals surface area (Å²) in [7, 11) is 0. The monoisotopic (exact) mass is 650 g/mol. The molecule has 11 heteroatoms. The maximum absolute atomic E-state index is 14.6. The number of alkyl carbamates (subject to hydrolysis) is 1. The Bertz CT molecular complexity index is 1410. The molecule has 1 aliphatic rings. The molecule has 0 aliphatic heterocycles. The van der Waals surface area contributed by atoms with Crippen molar-refractivity contribution in [3.8, 4) is 0 Å². The summed E-state index contributed by atoms with van der Waals surface area (Å²) in [5, 5.41) is 5.54. The molecular weight excluding hydrogens is 600 g/mol. The van der Waals surface area contributed by atoms with Gasteiger partial charge in [0, 0.05) is 18.9 Å². The highest BCUT2D eigenvalue weighted by Gasteiger charge is 2.43. The Hall–Kier alpha value is -4.41. The van der Waals surface area contributed by atoms with Gasteiger partial charge in [-0.3, -0.25) is 14.4 Å². The van der Waals surface area contributed by atoms with Gasteiger partial charge in [0.05, 0.1) is 0 Å². The second-order valence-corrected chi connectivity index (χ2v) is 14.1. The van der Waals surface area contributed by atoms with Crippen molar-refractivity contribution in [1.82, 2.24) is 15.5 Å². The van der Waals surface area contributed by atoms with Crippen molar-refractivity contribution in [2.75, 3.05) is 0 Å². The van der Waals surface area contributed by atoms with Gasteiger partial charge in [0.1, 0.15) is 29.3 Å². The van der Waals surface area contributed by atoms with Crippen molar-refractivity contribution in [3.05, 3.63) is 71.3 Å². The molecule has 1 fully saturated rings. The summed E-state index contributed by atoms with van der Waals surface area (Å²) in [6, 6.07) is 12.8. The van der Waals surface area contributed by atoms with Gasteiger partial charge in [-0.05, 0) is 90.8 Å². The minimum Gasteiger partial charge on any atom is -0.458 e. The summed E-state index contributed by atoms with van der Waals surface area (Å²) in [6.45, 7) is 12.2. The largest absolute Gasteiger partial charge is 0.458 e. The van der Waals surface area contributed by atoms with Gasteiger partial charge in [-0.1, -0.05) is 54.6 Å². The third kappa shape index (κ3) is 11.4. The Morgan fingerprint density at radius 2 is 1.45 bits per heavy atom. The van der Waals surface area contributed by atoms with Gasteiger partial charge in [-0.15, -0.1) is 0 Å². The van der Waals surface area contributed by atoms with E-state index in [0.717, 1.165) is 17.5 Å². The third-order valence-electron chi connectivity index (χ3n) is 7.69. The van der Waals surface area contributed by atoms with Gasteiger partial charge < -0.3 is 30.7 Å². The second kappa shape index (κ2) is 15.9. The van der Waals surface area contributed by atoms with E-state index in [2.05, 4.69) is 10.6 Å². The van der Waals surface area contributed by atoms with Crippen molar-refractivity contribution >= 4 is 29.8 Å². The molecule has 3 rings (SSSR count). The first kappa shape index (κ1) is 37.1. The van der Waals surface area contributed by atoms with Gasteiger partial charge in [-0.25, -0.2) is 9.59 Å². The molecule has 0 spiro atoms. The number of nitrogens with one attached hydrogen (secondary N) is 2. The van der Waals surface area contributed by atoms with Crippen LogP contribution in [0, 0.1) is 6.92 Å². The van der Waals surface area contributed by atoms with Crippen molar-refractivity contribution in [2.24, 2.45) is 5.73 Å². The Morgan fingerprint density at radius 3 is 1.98 bits per heavy atom. The van der Waals surface area contributed by atoms with Crippen LogP contribution in [0.2, 0.25) is 0 Å². The number of aryl methyl sites for hydroxylation is 1. The number of rotatable bonds is 13. The molecule has 3 atom stereocenters. The maximum atomic E-state index is 14.6. The molecule has 0 radical (unpaired) electrons. The highest BCUT2D eigenvalue weighted by atomic mass is 16.6. The minimum atomic E-state index is -1.21. The van der Waals surface area contributed by atoms with E-state index in [1.54, 1.807) is 53.7 Å². The van der Waals surface area contributed by atoms with Crippen LogP contribution in [0.5, 0.6) is 0 Å². The predicted molar refractivity (Wildman–Crippen MR) is 178 cm³/mol. The van der Waals surface area contributed by atoms with Crippen molar-refractivity contribution in [3.63, 3.8) is 0 Å². The molecule has 0 aromatic heterocycles. The number of primary amides is 1. The average molecular weight is 651 g/mol. The standard InChI is InChI=1S/C36H50N4O7/c1-23-14-11-12-19-26(23)30(31(42)38-28(33(44)46-35(2,3)4)22-24-15-9-8-10-16-24)40(25-17-13-18-25)32(43)27(20-21-29(37)41)39-34(45)47-36(5,6)7/h8-12,14-16,19,25,27-28,30H,13,17-18,20-22H2,1-7H3,(H2,37,41)(H,38,42)(H,39,45). The van der Waals surface area contributed by atoms with Crippen LogP contribution >= 0.6 is 0 Å². The smallest absolute Gasteiger partial charge is 0.408 e. The summed E-state index contributed by atoms with van der Waals surface area (Å²) in [6.07, 6.45) is 1.18. The number of nitrogens with two attached hydrogens (primary N) is 1. The van der Waals surface area contributed by atoms with Gasteiger partial charge in [0.2, 0.25) is 17.7 Å². The third-order valence-corrected chi connectivity index (χ3v) is 7.69. The summed E-state index contributed by atoms with van der Waals surface area (Å²) in [5.41, 5.74) is 5.94. The minimum absolute atomic E-state index is 0.0900. The van der Waals surface area contributed by atoms with E-state index in [9.17, 15) is 24.0 Å². The molecule has 1 aliphatic carbocycles. The summed E-state index contributed by atoms with van der Waals surface area (Å²) >= 11 is 0. The van der Waals surface area contributed by atoms with Crippen LogP contribution in [0.15, 0.2) is 54.6 Å². The molecular formula is C36H50N4O7. The fourth-order valence-electron chi connectivity index (χ4n) is 5.33. The summed E-state index contributed by atoms with van der Waals surface area (Å²) < 4.78 is 11.1. The summed E-state index contributed by atoms with van der Waals surface area (Å²) in [5.74, 6) is -2.37. The molecule has 3 unspecified atom stereocenters. The Labute approximate surface area is 277 Å². The molecule has 11 nitrogen and oxygen atoms in total. The van der Waals surface area contributed by atoms with Crippen molar-refractivity contribution in [1.29, 1.82) is 0 Å². The Balaban J connectivity index is 2.07. The first-order valence-electron chi connectivity index (χ1n) is 16.2. The molecule has 0 heterocycles. The number of esters is 1. The van der Waals surface area contributed by atoms with E-state index >= 15 is 0 Å². The normalized spacial score (nSPS) is 15.3. The van der Waals surface area contributed by atoms with Crippen LogP contribution in [-0.2, 0) is 35.1 Å². The first-order valence-corrected chi connectivity index (χ1v) is 16.2. The lowest BCUT2D eigenvalue weighted by Crippen LogP contribution is -2.59. The summed E-state index contributed by atoms with van der Waals surface area (Å²) in [4.78, 5) is 68.8. The van der Waals surface area contributed by atoms with Gasteiger partial charge in [-0.2, -0.15) is 0 Å². The Morgan fingerprint density at radius 1 is 0.851 bits per heavy atom. The van der Waals surface area contributed by atoms with Gasteiger partial charge in [0.25, 0.3) is 0 Å². The van der Waals surface area contributed by atoms with Crippen LogP contribution in [0.4, 0.5) is 4.79 Å². The van der Waals surface area contributed by atoms with E-state index in [-0.39, 0.29) is 25.3 Å². The average Bonchev–Trinajstić information content (AvgIpc) is 2.92. The number of amides is 4. The van der Waals surface area contributed by atoms with Crippen molar-refractivity contribution < 1.29 is 33.4 Å². The predicted octanol–water partition coefficient (Wildman–Crippen LogP) is 4.65. The second-order valence-electron chi connectivity index (χ2n) is 14.1. The molecule has 0 saturated heterocycles. The van der Waals surface area contributed by atoms with Crippen LogP contribution in [-0.4, -0.2) is 64.0 Å². The van der Waals surface area contributed by atoms with E-state index < -0.39 is 59.1 Å². The topological polar surface area (TPSA) is 157 Å². The van der Waals surface area contributed by atoms with Crippen LogP contribution in [0.1, 0.15) is 96.4 Å². The number of carbonyl (C=O) groups is 5. The molecule has 4 amide bonds. The molecule has 47 heavy (non-hydrogen) atoms. The SMILES string of the molecule is Cc1ccccc1C(C(=O)NC(Cc1ccccc1)C(=O)OC(C)(C)C)N(C(=O)C(CCC(N)=O)NC(=O)OC(C)(C)C)C1CCC1. The van der Waals surface area contributed by atoms with E-state index in [1.807, 2.05) is 49.4 Å². The zero-order valence-electron chi connectivity index (χ0n) is 28.6. The zero-order valence-corrected chi connectivity index (χ0v) is 28.6. The van der Waals surface area contributed by atoms with Crippen LogP contribution in [0.25, 0.3) is 0 Å². The molecule has 2 aromatic rings. The van der Waals surface area contributed by atoms with Crippen molar-refractivity contribution in [2.45, 2.75) is 122 Å². The number of nitrogens with zero attached hydrogens (tertiary/aromatic N) is 1. The molecule has 0 bridgehead atoms. The quantitative estimate of drug-likeness (QED) is 0.267. The van der Waals surface area contributed by atoms with E-state index in [0.29, 0.717) is 18.4 Å².